The number of benzene rings is 1. The number of carboxylic acids is 2. The van der Waals surface area contributed by atoms with E-state index in [1.54, 1.807) is 73.3 Å². The molecule has 5 rings (SSSR count). The number of oxime groups is 1. The predicted octanol–water partition coefficient (Wildman–Crippen LogP) is 5.60. The number of esters is 1. The number of hydrogen-bond donors (Lipinski definition) is 4. The van der Waals surface area contributed by atoms with Gasteiger partial charge in [0.05, 0.1) is 23.8 Å². The molecular formula is C48H66F3N7O15S. The molecule has 2 aliphatic heterocycles. The van der Waals surface area contributed by atoms with Gasteiger partial charge in [0.25, 0.3) is 5.60 Å². The Morgan fingerprint density at radius 1 is 0.892 bits per heavy atom. The van der Waals surface area contributed by atoms with Gasteiger partial charge in [0.2, 0.25) is 11.9 Å². The summed E-state index contributed by atoms with van der Waals surface area (Å²) in [4.78, 5) is 84.2. The molecule has 1 saturated heterocycles. The third kappa shape index (κ3) is 18.3. The molecule has 4 heterocycles. The topological polar surface area (TPSA) is 283 Å². The van der Waals surface area contributed by atoms with E-state index in [4.69, 9.17) is 38.4 Å². The minimum atomic E-state index is -5.19. The number of aliphatic hydroxyl groups is 1. The fourth-order valence-electron chi connectivity index (χ4n) is 6.92. The third-order valence-electron chi connectivity index (χ3n) is 10.1. The first-order chi connectivity index (χ1) is 33.8. The number of likely N-dealkylation sites (tertiary alicyclic amines) is 1. The molecule has 26 heteroatoms. The molecule has 1 fully saturated rings. The molecular weight excluding hydrogens is 1000 g/mol. The van der Waals surface area contributed by atoms with Gasteiger partial charge in [0, 0.05) is 25.0 Å². The second-order valence-corrected chi connectivity index (χ2v) is 22.5. The van der Waals surface area contributed by atoms with Crippen LogP contribution in [-0.4, -0.2) is 133 Å². The zero-order valence-corrected chi connectivity index (χ0v) is 44.4. The van der Waals surface area contributed by atoms with Crippen LogP contribution in [0.2, 0.25) is 0 Å². The smallest absolute Gasteiger partial charge is 0.430 e. The van der Waals surface area contributed by atoms with Crippen LogP contribution in [0.5, 0.6) is 5.75 Å². The van der Waals surface area contributed by atoms with E-state index >= 15 is 0 Å². The molecule has 3 amide bonds. The summed E-state index contributed by atoms with van der Waals surface area (Å²) in [7, 11) is 0. The number of carbonyl (C=O) groups is 6. The monoisotopic (exact) mass is 1070 g/mol. The number of carbonyl (C=O) groups excluding carboxylic acids is 5. The van der Waals surface area contributed by atoms with Crippen LogP contribution >= 0.6 is 11.3 Å². The van der Waals surface area contributed by atoms with Crippen molar-refractivity contribution in [2.24, 2.45) is 11.1 Å². The quantitative estimate of drug-likeness (QED) is 0.0503. The maximum Gasteiger partial charge on any atom is 0.430 e. The van der Waals surface area contributed by atoms with Gasteiger partial charge in [-0.2, -0.15) is 17.9 Å². The number of ether oxygens (including phenoxy) is 5. The first-order valence-corrected chi connectivity index (χ1v) is 24.2. The number of aromatic nitrogens is 3. The maximum absolute atomic E-state index is 13.9. The van der Waals surface area contributed by atoms with Crippen molar-refractivity contribution in [3.8, 4) is 16.9 Å². The highest BCUT2D eigenvalue weighted by atomic mass is 32.1. The van der Waals surface area contributed by atoms with E-state index in [0.717, 1.165) is 28.0 Å². The second kappa shape index (κ2) is 23.2. The van der Waals surface area contributed by atoms with Crippen LogP contribution in [0.3, 0.4) is 0 Å². The van der Waals surface area contributed by atoms with Gasteiger partial charge in [-0.25, -0.2) is 29.0 Å². The number of carboxylic acid groups (broad SMARTS) is 2. The fourth-order valence-corrected chi connectivity index (χ4v) is 7.60. The van der Waals surface area contributed by atoms with E-state index in [1.807, 2.05) is 54.7 Å². The predicted molar refractivity (Wildman–Crippen MR) is 257 cm³/mol. The van der Waals surface area contributed by atoms with Gasteiger partial charge in [-0.3, -0.25) is 5.32 Å². The van der Waals surface area contributed by atoms with Crippen molar-refractivity contribution in [3.05, 3.63) is 47.2 Å². The van der Waals surface area contributed by atoms with Crippen molar-refractivity contribution in [3.63, 3.8) is 0 Å². The van der Waals surface area contributed by atoms with Gasteiger partial charge in [-0.15, -0.1) is 16.0 Å². The normalized spacial score (nSPS) is 16.6. The number of alkyl carbamates (subject to hydrolysis) is 1. The average molecular weight is 1070 g/mol. The molecule has 0 aliphatic carbocycles. The van der Waals surface area contributed by atoms with Crippen LogP contribution in [0.15, 0.2) is 41.1 Å². The largest absolute Gasteiger partial charge is 0.542 e. The van der Waals surface area contributed by atoms with Gasteiger partial charge in [0.1, 0.15) is 46.4 Å². The fraction of sp³-hybridized carbons (Fsp3) is 0.604. The molecule has 410 valence electrons. The average Bonchev–Trinajstić information content (AvgIpc) is 3.84. The molecule has 3 aromatic rings. The number of halogens is 3. The highest BCUT2D eigenvalue weighted by Gasteiger charge is 2.51. The van der Waals surface area contributed by atoms with E-state index in [1.165, 1.54) is 12.3 Å². The van der Waals surface area contributed by atoms with Crippen LogP contribution in [0.4, 0.5) is 32.7 Å². The zero-order valence-electron chi connectivity index (χ0n) is 43.6. The number of amides is 3. The minimum Gasteiger partial charge on any atom is -0.542 e. The summed E-state index contributed by atoms with van der Waals surface area (Å²) in [5.41, 5.74) is -3.25. The SMILES string of the molecule is CC(C)(C)OC(=O)NC[C@H](O)Cn1cc(-c2ccc3c(c2)CC[C@H]([C@](C)(O/N=C(\C(=O)O)c2csc(NC(=O)OC(C)(C)C)n2)C(=O)OC(C)(C)C)O3)c[n+]1CC1CN(C(=O)OC(C)(C)C)C1.O=C([O-])C(F)(F)F. The molecule has 0 saturated carbocycles. The van der Waals surface area contributed by atoms with Crippen molar-refractivity contribution < 1.29 is 90.5 Å². The molecule has 0 spiro atoms. The van der Waals surface area contributed by atoms with Crippen molar-refractivity contribution >= 4 is 58.4 Å². The number of nitrogens with zero attached hydrogens (tertiary/aromatic N) is 5. The van der Waals surface area contributed by atoms with Gasteiger partial charge < -0.3 is 58.9 Å². The van der Waals surface area contributed by atoms with E-state index in [9.17, 15) is 47.4 Å². The Morgan fingerprint density at radius 3 is 2.03 bits per heavy atom. The Balaban J connectivity index is 0.00000158. The summed E-state index contributed by atoms with van der Waals surface area (Å²) >= 11 is 0.946. The summed E-state index contributed by atoms with van der Waals surface area (Å²) in [6, 6.07) is 5.61. The molecule has 0 unspecified atom stereocenters. The number of fused-ring (bicyclic) bond motifs is 1. The number of aryl methyl sites for hydroxylation is 1. The van der Waals surface area contributed by atoms with E-state index < -0.39 is 82.2 Å². The first kappa shape index (κ1) is 59.9. The number of nitrogens with one attached hydrogen (secondary N) is 2. The van der Waals surface area contributed by atoms with Crippen LogP contribution < -0.4 is 25.2 Å². The van der Waals surface area contributed by atoms with Gasteiger partial charge in [-0.1, -0.05) is 11.2 Å². The van der Waals surface area contributed by atoms with Gasteiger partial charge >= 0.3 is 36.4 Å². The van der Waals surface area contributed by atoms with Crippen molar-refractivity contribution in [2.75, 3.05) is 25.0 Å². The van der Waals surface area contributed by atoms with Crippen LogP contribution in [0, 0.1) is 5.92 Å². The van der Waals surface area contributed by atoms with Crippen molar-refractivity contribution in [1.29, 1.82) is 0 Å². The van der Waals surface area contributed by atoms with E-state index in [0.29, 0.717) is 31.8 Å². The Hall–Kier alpha value is -6.70. The first-order valence-electron chi connectivity index (χ1n) is 23.3. The number of rotatable bonds is 14. The van der Waals surface area contributed by atoms with Crippen LogP contribution in [-0.2, 0) is 57.7 Å². The summed E-state index contributed by atoms with van der Waals surface area (Å²) in [6.45, 7) is 23.9. The summed E-state index contributed by atoms with van der Waals surface area (Å²) in [6.07, 6.45) is -4.40. The Morgan fingerprint density at radius 2 is 1.47 bits per heavy atom. The van der Waals surface area contributed by atoms with Crippen molar-refractivity contribution in [2.45, 2.75) is 162 Å². The molecule has 0 bridgehead atoms. The highest BCUT2D eigenvalue weighted by molar-refractivity contribution is 7.14. The summed E-state index contributed by atoms with van der Waals surface area (Å²) < 4.78 is 63.7. The molecule has 4 N–H and O–H groups in total. The Labute approximate surface area is 430 Å². The lowest BCUT2D eigenvalue weighted by Crippen LogP contribution is -2.58. The van der Waals surface area contributed by atoms with Crippen LogP contribution in [0.1, 0.15) is 108 Å². The number of aliphatic carboxylic acids is 2. The lowest BCUT2D eigenvalue weighted by Gasteiger charge is -2.38. The molecule has 2 aliphatic rings. The van der Waals surface area contributed by atoms with Gasteiger partial charge in [0.15, 0.2) is 17.8 Å². The van der Waals surface area contributed by atoms with E-state index in [2.05, 4.69) is 20.8 Å². The molecule has 3 atom stereocenters. The molecule has 0 radical (unpaired) electrons. The van der Waals surface area contributed by atoms with Gasteiger partial charge in [-0.05, 0) is 126 Å². The molecule has 2 aromatic heterocycles. The summed E-state index contributed by atoms with van der Waals surface area (Å²) in [5, 5.41) is 40.5. The number of alkyl halides is 3. The molecule has 22 nitrogen and oxygen atoms in total. The Bertz CT molecular complexity index is 2530. The lowest BCUT2D eigenvalue weighted by atomic mass is 9.89. The second-order valence-electron chi connectivity index (χ2n) is 21.6. The number of anilines is 1. The van der Waals surface area contributed by atoms with E-state index in [-0.39, 0.29) is 42.3 Å². The number of thiazole rings is 1. The number of aliphatic hydroxyl groups excluding tert-OH is 1. The van der Waals surface area contributed by atoms with Crippen molar-refractivity contribution in [1.82, 2.24) is 19.9 Å². The lowest BCUT2D eigenvalue weighted by molar-refractivity contribution is -0.782. The minimum absolute atomic E-state index is 0.0520. The zero-order chi connectivity index (χ0) is 55.9. The Kier molecular flexibility index (Phi) is 18.8. The standard InChI is InChI=1S/C46H65N7O13S.C2HF3O2/c1-42(2,3)62-37(57)46(13,66-50-35(36(55)56)32-26-67-38(48-32)49-40(59)64-44(7,8)9)34-17-15-29-18-28(14-16-33(29)61-34)30-23-52(22-27-20-51(21-27)41(60)65-45(10,11)12)53(24-30)25-31(54)19-47-39(58)63-43(4,5)6;3-2(4,5)1(6)7/h14,16,18,23-24,26-27,31,34,54H,15,17,19-22,25H2,1-13H3,(H2-,47,48,49,55,56,58,59);(H,6,7)/b50-35-;/t31-,34+,46-;/m0./s1. The molecule has 74 heavy (non-hydrogen) atoms. The maximum atomic E-state index is 13.9. The highest BCUT2D eigenvalue weighted by Crippen LogP contribution is 2.37. The van der Waals surface area contributed by atoms with Crippen LogP contribution in [0.25, 0.3) is 11.1 Å². The third-order valence-corrected chi connectivity index (χ3v) is 10.9. The molecule has 1 aromatic carbocycles. The number of hydrogen-bond acceptors (Lipinski definition) is 17. The summed E-state index contributed by atoms with van der Waals surface area (Å²) in [5.74, 6) is -4.76.